The van der Waals surface area contributed by atoms with Crippen LogP contribution in [0.25, 0.3) is 0 Å². The highest BCUT2D eigenvalue weighted by Gasteiger charge is 2.18. The molecule has 0 heterocycles. The lowest BCUT2D eigenvalue weighted by Crippen LogP contribution is -2.37. The second-order valence-corrected chi connectivity index (χ2v) is 6.96. The molecule has 0 saturated carbocycles. The van der Waals surface area contributed by atoms with Crippen LogP contribution >= 0.6 is 0 Å². The maximum atomic E-state index is 12.3. The van der Waals surface area contributed by atoms with Crippen molar-refractivity contribution in [2.24, 2.45) is 0 Å². The lowest BCUT2D eigenvalue weighted by Gasteiger charge is -2.18. The Labute approximate surface area is 165 Å². The molecule has 0 unspecified atom stereocenters. The highest BCUT2D eigenvalue weighted by molar-refractivity contribution is 5.96. The maximum Gasteiger partial charge on any atom is 0.338 e. The topological polar surface area (TPSA) is 75.7 Å². The number of carbonyl (C=O) groups excluding carboxylic acids is 3. The highest BCUT2D eigenvalue weighted by Crippen LogP contribution is 2.19. The van der Waals surface area contributed by atoms with Gasteiger partial charge in [-0.25, -0.2) is 4.79 Å². The molecule has 6 heteroatoms. The first-order valence-corrected chi connectivity index (χ1v) is 9.03. The van der Waals surface area contributed by atoms with E-state index in [1.165, 1.54) is 11.9 Å². The van der Waals surface area contributed by atoms with Crippen LogP contribution in [0.15, 0.2) is 36.4 Å². The zero-order valence-corrected chi connectivity index (χ0v) is 17.0. The van der Waals surface area contributed by atoms with Crippen LogP contribution in [-0.4, -0.2) is 42.9 Å². The summed E-state index contributed by atoms with van der Waals surface area (Å²) >= 11 is 0. The Hall–Kier alpha value is -3.15. The number of para-hydroxylation sites is 1. The van der Waals surface area contributed by atoms with E-state index >= 15 is 0 Å². The van der Waals surface area contributed by atoms with Crippen LogP contribution in [-0.2, 0) is 14.3 Å². The van der Waals surface area contributed by atoms with Gasteiger partial charge < -0.3 is 15.0 Å². The lowest BCUT2D eigenvalue weighted by molar-refractivity contribution is -0.136. The molecular weight excluding hydrogens is 356 g/mol. The summed E-state index contributed by atoms with van der Waals surface area (Å²) in [6, 6.07) is 11.2. The predicted octanol–water partition coefficient (Wildman–Crippen LogP) is 3.17. The fourth-order valence-corrected chi connectivity index (χ4v) is 2.77. The summed E-state index contributed by atoms with van der Waals surface area (Å²) in [5.74, 6) is -1.31. The van der Waals surface area contributed by atoms with E-state index in [2.05, 4.69) is 5.32 Å². The molecule has 0 bridgehead atoms. The number of likely N-dealkylation sites (N-methyl/N-ethyl adjacent to an activating group) is 1. The molecule has 2 amide bonds. The van der Waals surface area contributed by atoms with Gasteiger partial charge in [-0.05, 0) is 50.5 Å². The summed E-state index contributed by atoms with van der Waals surface area (Å²) in [5.41, 5.74) is 4.79. The Kier molecular flexibility index (Phi) is 6.93. The van der Waals surface area contributed by atoms with Crippen LogP contribution in [0.3, 0.4) is 0 Å². The van der Waals surface area contributed by atoms with Crippen molar-refractivity contribution in [1.29, 1.82) is 0 Å². The normalized spacial score (nSPS) is 10.3. The van der Waals surface area contributed by atoms with Crippen molar-refractivity contribution < 1.29 is 19.1 Å². The monoisotopic (exact) mass is 382 g/mol. The maximum absolute atomic E-state index is 12.3. The molecule has 0 atom stereocenters. The van der Waals surface area contributed by atoms with Gasteiger partial charge in [-0.15, -0.1) is 0 Å². The molecule has 2 aromatic carbocycles. The summed E-state index contributed by atoms with van der Waals surface area (Å²) in [6.07, 6.45) is 0. The number of esters is 1. The van der Waals surface area contributed by atoms with Crippen LogP contribution < -0.4 is 5.32 Å². The molecule has 0 spiro atoms. The van der Waals surface area contributed by atoms with Gasteiger partial charge >= 0.3 is 5.97 Å². The van der Waals surface area contributed by atoms with E-state index in [1.807, 2.05) is 58.0 Å². The van der Waals surface area contributed by atoms with E-state index < -0.39 is 18.5 Å². The number of anilines is 1. The van der Waals surface area contributed by atoms with Gasteiger partial charge in [-0.1, -0.05) is 35.9 Å². The summed E-state index contributed by atoms with van der Waals surface area (Å²) in [7, 11) is 1.50. The van der Waals surface area contributed by atoms with Crippen molar-refractivity contribution in [3.63, 3.8) is 0 Å². The molecule has 6 nitrogen and oxygen atoms in total. The van der Waals surface area contributed by atoms with E-state index in [1.54, 1.807) is 6.07 Å². The van der Waals surface area contributed by atoms with Gasteiger partial charge in [0.15, 0.2) is 6.61 Å². The molecule has 28 heavy (non-hydrogen) atoms. The first-order chi connectivity index (χ1) is 13.2. The SMILES string of the molecule is Cc1ccc(C)c(C(=O)OCC(=O)N(C)CC(=O)Nc2c(C)cccc2C)c1. The largest absolute Gasteiger partial charge is 0.452 e. The summed E-state index contributed by atoms with van der Waals surface area (Å²) in [4.78, 5) is 37.9. The minimum atomic E-state index is -0.553. The number of benzene rings is 2. The number of amides is 2. The number of aryl methyl sites for hydroxylation is 4. The second kappa shape index (κ2) is 9.17. The van der Waals surface area contributed by atoms with E-state index in [4.69, 9.17) is 4.74 Å². The predicted molar refractivity (Wildman–Crippen MR) is 108 cm³/mol. The molecule has 0 fully saturated rings. The molecule has 148 valence electrons. The summed E-state index contributed by atoms with van der Waals surface area (Å²) in [5, 5.41) is 2.83. The average Bonchev–Trinajstić information content (AvgIpc) is 2.64. The van der Waals surface area contributed by atoms with E-state index in [-0.39, 0.29) is 12.5 Å². The van der Waals surface area contributed by atoms with Crippen molar-refractivity contribution in [1.82, 2.24) is 4.90 Å². The Bertz CT molecular complexity index is 885. The Morgan fingerprint density at radius 3 is 2.25 bits per heavy atom. The standard InChI is InChI=1S/C22H26N2O4/c1-14-9-10-15(2)18(11-14)22(27)28-13-20(26)24(5)12-19(25)23-21-16(3)7-6-8-17(21)4/h6-11H,12-13H2,1-5H3,(H,23,25). The Morgan fingerprint density at radius 2 is 1.61 bits per heavy atom. The number of hydrogen-bond donors (Lipinski definition) is 1. The number of carbonyl (C=O) groups is 3. The molecule has 0 aliphatic heterocycles. The third kappa shape index (κ3) is 5.42. The number of rotatable bonds is 6. The zero-order chi connectivity index (χ0) is 20.8. The Morgan fingerprint density at radius 1 is 0.964 bits per heavy atom. The van der Waals surface area contributed by atoms with Gasteiger partial charge in [0.1, 0.15) is 0 Å². The van der Waals surface area contributed by atoms with Crippen molar-refractivity contribution in [2.45, 2.75) is 27.7 Å². The van der Waals surface area contributed by atoms with Gasteiger partial charge in [-0.2, -0.15) is 0 Å². The van der Waals surface area contributed by atoms with Crippen LogP contribution in [0.4, 0.5) is 5.69 Å². The van der Waals surface area contributed by atoms with Crippen LogP contribution in [0, 0.1) is 27.7 Å². The van der Waals surface area contributed by atoms with Gasteiger partial charge in [0, 0.05) is 12.7 Å². The minimum Gasteiger partial charge on any atom is -0.452 e. The van der Waals surface area contributed by atoms with E-state index in [0.29, 0.717) is 5.56 Å². The van der Waals surface area contributed by atoms with Crippen LogP contribution in [0.2, 0.25) is 0 Å². The van der Waals surface area contributed by atoms with Crippen molar-refractivity contribution in [3.05, 3.63) is 64.2 Å². The number of ether oxygens (including phenoxy) is 1. The number of nitrogens with one attached hydrogen (secondary N) is 1. The lowest BCUT2D eigenvalue weighted by atomic mass is 10.1. The highest BCUT2D eigenvalue weighted by atomic mass is 16.5. The van der Waals surface area contributed by atoms with Gasteiger partial charge in [0.25, 0.3) is 5.91 Å². The molecule has 0 saturated heterocycles. The number of hydrogen-bond acceptors (Lipinski definition) is 4. The third-order valence-electron chi connectivity index (χ3n) is 4.49. The fraction of sp³-hybridized carbons (Fsp3) is 0.318. The fourth-order valence-electron chi connectivity index (χ4n) is 2.77. The minimum absolute atomic E-state index is 0.131. The average molecular weight is 382 g/mol. The van der Waals surface area contributed by atoms with Crippen molar-refractivity contribution in [3.8, 4) is 0 Å². The molecule has 2 rings (SSSR count). The Balaban J connectivity index is 1.89. The molecule has 0 aromatic heterocycles. The zero-order valence-electron chi connectivity index (χ0n) is 17.0. The summed E-state index contributed by atoms with van der Waals surface area (Å²) in [6.45, 7) is 6.95. The number of nitrogens with zero attached hydrogens (tertiary/aromatic N) is 1. The van der Waals surface area contributed by atoms with E-state index in [0.717, 1.165) is 27.9 Å². The van der Waals surface area contributed by atoms with Crippen LogP contribution in [0.1, 0.15) is 32.6 Å². The van der Waals surface area contributed by atoms with Crippen LogP contribution in [0.5, 0.6) is 0 Å². The smallest absolute Gasteiger partial charge is 0.338 e. The third-order valence-corrected chi connectivity index (χ3v) is 4.49. The first kappa shape index (κ1) is 21.2. The van der Waals surface area contributed by atoms with Gasteiger partial charge in [0.05, 0.1) is 12.1 Å². The van der Waals surface area contributed by atoms with Crippen molar-refractivity contribution in [2.75, 3.05) is 25.5 Å². The molecule has 0 radical (unpaired) electrons. The second-order valence-electron chi connectivity index (χ2n) is 6.96. The molecule has 0 aliphatic carbocycles. The van der Waals surface area contributed by atoms with Crippen molar-refractivity contribution >= 4 is 23.5 Å². The van der Waals surface area contributed by atoms with Gasteiger partial charge in [-0.3, -0.25) is 9.59 Å². The van der Waals surface area contributed by atoms with Gasteiger partial charge in [0.2, 0.25) is 5.91 Å². The quantitative estimate of drug-likeness (QED) is 0.779. The first-order valence-electron chi connectivity index (χ1n) is 9.03. The van der Waals surface area contributed by atoms with E-state index in [9.17, 15) is 14.4 Å². The molecule has 1 N–H and O–H groups in total. The molecular formula is C22H26N2O4. The molecule has 2 aromatic rings. The molecule has 0 aliphatic rings. The summed E-state index contributed by atoms with van der Waals surface area (Å²) < 4.78 is 5.12.